The number of rotatable bonds is 7. The summed E-state index contributed by atoms with van der Waals surface area (Å²) in [5.74, 6) is -0.0983. The minimum atomic E-state index is -0.0983. The van der Waals surface area contributed by atoms with Crippen LogP contribution < -0.4 is 5.32 Å². The van der Waals surface area contributed by atoms with Crippen LogP contribution in [0.4, 0.5) is 0 Å². The van der Waals surface area contributed by atoms with Gasteiger partial charge in [0.05, 0.1) is 23.0 Å². The van der Waals surface area contributed by atoms with E-state index in [9.17, 15) is 4.79 Å². The summed E-state index contributed by atoms with van der Waals surface area (Å²) in [5.41, 5.74) is 3.08. The summed E-state index contributed by atoms with van der Waals surface area (Å²) in [6.07, 6.45) is 4.50. The van der Waals surface area contributed by atoms with Gasteiger partial charge in [0.15, 0.2) is 0 Å². The summed E-state index contributed by atoms with van der Waals surface area (Å²) in [6.45, 7) is 4.02. The van der Waals surface area contributed by atoms with Crippen LogP contribution in [0, 0.1) is 0 Å². The Hall–Kier alpha value is -2.73. The SMILES string of the molecule is CCn1cc(-c2cc(C(=O)NCCCOC)c3ccccc3n2)cn1. The zero-order valence-electron chi connectivity index (χ0n) is 14.5. The van der Waals surface area contributed by atoms with Gasteiger partial charge >= 0.3 is 0 Å². The number of nitrogens with zero attached hydrogens (tertiary/aromatic N) is 3. The molecule has 2 heterocycles. The second kappa shape index (κ2) is 7.90. The minimum absolute atomic E-state index is 0.0983. The van der Waals surface area contributed by atoms with Crippen LogP contribution in [-0.4, -0.2) is 40.9 Å². The van der Waals surface area contributed by atoms with E-state index >= 15 is 0 Å². The van der Waals surface area contributed by atoms with Crippen LogP contribution in [0.5, 0.6) is 0 Å². The maximum absolute atomic E-state index is 12.7. The van der Waals surface area contributed by atoms with Gasteiger partial charge in [-0.2, -0.15) is 5.10 Å². The lowest BCUT2D eigenvalue weighted by molar-refractivity contribution is 0.0950. The zero-order valence-corrected chi connectivity index (χ0v) is 14.5. The second-order valence-corrected chi connectivity index (χ2v) is 5.76. The molecular formula is C19H22N4O2. The van der Waals surface area contributed by atoms with Gasteiger partial charge in [-0.25, -0.2) is 4.98 Å². The summed E-state index contributed by atoms with van der Waals surface area (Å²) in [6, 6.07) is 9.52. The number of methoxy groups -OCH3 is 1. The molecule has 1 N–H and O–H groups in total. The van der Waals surface area contributed by atoms with Crippen LogP contribution in [-0.2, 0) is 11.3 Å². The van der Waals surface area contributed by atoms with Gasteiger partial charge in [0.1, 0.15) is 0 Å². The third-order valence-corrected chi connectivity index (χ3v) is 4.02. The second-order valence-electron chi connectivity index (χ2n) is 5.76. The Morgan fingerprint density at radius 2 is 2.16 bits per heavy atom. The molecule has 1 amide bonds. The zero-order chi connectivity index (χ0) is 17.6. The molecule has 3 rings (SSSR count). The number of carbonyl (C=O) groups excluding carboxylic acids is 1. The maximum Gasteiger partial charge on any atom is 0.252 e. The number of benzene rings is 1. The predicted molar refractivity (Wildman–Crippen MR) is 97.5 cm³/mol. The summed E-state index contributed by atoms with van der Waals surface area (Å²) >= 11 is 0. The monoisotopic (exact) mass is 338 g/mol. The summed E-state index contributed by atoms with van der Waals surface area (Å²) < 4.78 is 6.86. The lowest BCUT2D eigenvalue weighted by Gasteiger charge is -2.10. The summed E-state index contributed by atoms with van der Waals surface area (Å²) in [7, 11) is 1.65. The highest BCUT2D eigenvalue weighted by Gasteiger charge is 2.14. The number of aryl methyl sites for hydroxylation is 1. The van der Waals surface area contributed by atoms with Gasteiger partial charge in [-0.15, -0.1) is 0 Å². The standard InChI is InChI=1S/C19H22N4O2/c1-3-23-13-14(12-21-23)18-11-16(19(24)20-9-6-10-25-2)15-7-4-5-8-17(15)22-18/h4-5,7-8,11-13H,3,6,9-10H2,1-2H3,(H,20,24). The number of fused-ring (bicyclic) bond motifs is 1. The number of pyridine rings is 1. The van der Waals surface area contributed by atoms with E-state index in [-0.39, 0.29) is 5.91 Å². The maximum atomic E-state index is 12.7. The minimum Gasteiger partial charge on any atom is -0.385 e. The molecule has 6 heteroatoms. The number of nitrogens with one attached hydrogen (secondary N) is 1. The van der Waals surface area contributed by atoms with E-state index in [0.29, 0.717) is 18.7 Å². The van der Waals surface area contributed by atoms with Crippen LogP contribution in [0.3, 0.4) is 0 Å². The molecule has 25 heavy (non-hydrogen) atoms. The van der Waals surface area contributed by atoms with Crippen molar-refractivity contribution in [1.82, 2.24) is 20.1 Å². The fraction of sp³-hybridized carbons (Fsp3) is 0.316. The lowest BCUT2D eigenvalue weighted by Crippen LogP contribution is -2.25. The molecule has 0 aliphatic rings. The Kier molecular flexibility index (Phi) is 5.40. The first-order valence-electron chi connectivity index (χ1n) is 8.42. The fourth-order valence-electron chi connectivity index (χ4n) is 2.69. The van der Waals surface area contributed by atoms with Gasteiger partial charge in [-0.05, 0) is 25.5 Å². The first kappa shape index (κ1) is 17.1. The van der Waals surface area contributed by atoms with Crippen molar-refractivity contribution < 1.29 is 9.53 Å². The van der Waals surface area contributed by atoms with Crippen molar-refractivity contribution in [3.63, 3.8) is 0 Å². The van der Waals surface area contributed by atoms with E-state index in [2.05, 4.69) is 10.4 Å². The molecule has 0 unspecified atom stereocenters. The number of hydrogen-bond donors (Lipinski definition) is 1. The van der Waals surface area contributed by atoms with Crippen LogP contribution in [0.25, 0.3) is 22.2 Å². The van der Waals surface area contributed by atoms with Gasteiger partial charge in [-0.3, -0.25) is 9.48 Å². The Bertz CT molecular complexity index is 873. The Balaban J connectivity index is 1.96. The van der Waals surface area contributed by atoms with Gasteiger partial charge in [-0.1, -0.05) is 18.2 Å². The number of hydrogen-bond acceptors (Lipinski definition) is 4. The molecule has 0 saturated heterocycles. The molecule has 130 valence electrons. The average Bonchev–Trinajstić information content (AvgIpc) is 3.13. The molecule has 0 radical (unpaired) electrons. The molecule has 1 aromatic carbocycles. The molecule has 0 spiro atoms. The number of ether oxygens (including phenoxy) is 1. The summed E-state index contributed by atoms with van der Waals surface area (Å²) in [5, 5.41) is 8.10. The summed E-state index contributed by atoms with van der Waals surface area (Å²) in [4.78, 5) is 17.4. The van der Waals surface area contributed by atoms with Crippen LogP contribution in [0.1, 0.15) is 23.7 Å². The van der Waals surface area contributed by atoms with Crippen molar-refractivity contribution in [2.24, 2.45) is 0 Å². The molecule has 0 aliphatic heterocycles. The molecule has 2 aromatic heterocycles. The molecule has 0 bridgehead atoms. The number of carbonyl (C=O) groups is 1. The van der Waals surface area contributed by atoms with Crippen LogP contribution in [0.2, 0.25) is 0 Å². The Morgan fingerprint density at radius 3 is 2.92 bits per heavy atom. The largest absolute Gasteiger partial charge is 0.385 e. The van der Waals surface area contributed by atoms with Gasteiger partial charge < -0.3 is 10.1 Å². The topological polar surface area (TPSA) is 69.0 Å². The average molecular weight is 338 g/mol. The van der Waals surface area contributed by atoms with E-state index in [4.69, 9.17) is 9.72 Å². The van der Waals surface area contributed by atoms with E-state index < -0.39 is 0 Å². The van der Waals surface area contributed by atoms with E-state index in [1.165, 1.54) is 0 Å². The Morgan fingerprint density at radius 1 is 1.32 bits per heavy atom. The van der Waals surface area contributed by atoms with Gasteiger partial charge in [0.25, 0.3) is 5.91 Å². The van der Waals surface area contributed by atoms with Crippen molar-refractivity contribution >= 4 is 16.8 Å². The van der Waals surface area contributed by atoms with Gasteiger partial charge in [0, 0.05) is 44.0 Å². The van der Waals surface area contributed by atoms with E-state index in [0.717, 1.165) is 35.1 Å². The fourth-order valence-corrected chi connectivity index (χ4v) is 2.69. The molecule has 3 aromatic rings. The van der Waals surface area contributed by atoms with Crippen molar-refractivity contribution in [2.75, 3.05) is 20.3 Å². The normalized spacial score (nSPS) is 11.0. The van der Waals surface area contributed by atoms with E-state index in [1.807, 2.05) is 48.1 Å². The van der Waals surface area contributed by atoms with Crippen LogP contribution in [0.15, 0.2) is 42.7 Å². The quantitative estimate of drug-likeness (QED) is 0.673. The molecule has 0 atom stereocenters. The van der Waals surface area contributed by atoms with Gasteiger partial charge in [0.2, 0.25) is 0 Å². The highest BCUT2D eigenvalue weighted by Crippen LogP contribution is 2.24. The molecule has 0 fully saturated rings. The van der Waals surface area contributed by atoms with Crippen molar-refractivity contribution in [3.05, 3.63) is 48.3 Å². The van der Waals surface area contributed by atoms with Crippen molar-refractivity contribution in [3.8, 4) is 11.3 Å². The van der Waals surface area contributed by atoms with E-state index in [1.54, 1.807) is 13.3 Å². The van der Waals surface area contributed by atoms with Crippen LogP contribution >= 0.6 is 0 Å². The Labute approximate surface area is 146 Å². The molecule has 0 aliphatic carbocycles. The van der Waals surface area contributed by atoms with Crippen molar-refractivity contribution in [2.45, 2.75) is 19.9 Å². The first-order valence-corrected chi connectivity index (χ1v) is 8.42. The molecule has 0 saturated carbocycles. The highest BCUT2D eigenvalue weighted by molar-refractivity contribution is 6.07. The predicted octanol–water partition coefficient (Wildman–Crippen LogP) is 2.88. The molecular weight excluding hydrogens is 316 g/mol. The van der Waals surface area contributed by atoms with Crippen molar-refractivity contribution in [1.29, 1.82) is 0 Å². The number of amides is 1. The third-order valence-electron chi connectivity index (χ3n) is 4.02. The number of aromatic nitrogens is 3. The third kappa shape index (κ3) is 3.85. The lowest BCUT2D eigenvalue weighted by atomic mass is 10.0. The first-order chi connectivity index (χ1) is 12.2. The molecule has 6 nitrogen and oxygen atoms in total. The smallest absolute Gasteiger partial charge is 0.252 e. The highest BCUT2D eigenvalue weighted by atomic mass is 16.5. The number of para-hydroxylation sites is 1.